The van der Waals surface area contributed by atoms with Crippen molar-refractivity contribution in [3.8, 4) is 0 Å². The minimum absolute atomic E-state index is 0.0182. The number of allylic oxidation sites excluding steroid dienone is 2. The van der Waals surface area contributed by atoms with Crippen LogP contribution in [0.25, 0.3) is 0 Å². The number of carbonyl (C=O) groups is 1. The zero-order chi connectivity index (χ0) is 22.1. The lowest BCUT2D eigenvalue weighted by atomic mass is 9.61. The summed E-state index contributed by atoms with van der Waals surface area (Å²) in [6.07, 6.45) is 3.34. The van der Waals surface area contributed by atoms with E-state index in [0.29, 0.717) is 40.9 Å². The number of anilines is 1. The molecule has 2 heterocycles. The molecule has 0 fully saturated rings. The number of Topliss-reactive ketones (excluding diaryl/α,β-unsaturated/α-hetero) is 1. The van der Waals surface area contributed by atoms with Gasteiger partial charge >= 0.3 is 0 Å². The van der Waals surface area contributed by atoms with Crippen LogP contribution in [-0.4, -0.2) is 25.4 Å². The second-order valence-electron chi connectivity index (χ2n) is 9.30. The Morgan fingerprint density at radius 1 is 1.17 bits per heavy atom. The molecule has 1 N–H and O–H groups in total. The van der Waals surface area contributed by atoms with Crippen LogP contribution in [0.4, 0.5) is 10.2 Å². The molecule has 0 radical (unpaired) electrons. The zero-order valence-corrected chi connectivity index (χ0v) is 18.6. The van der Waals surface area contributed by atoms with Gasteiger partial charge in [0.2, 0.25) is 0 Å². The molecule has 7 heteroatoms. The van der Waals surface area contributed by atoms with Crippen LogP contribution in [0.1, 0.15) is 50.3 Å². The molecule has 0 unspecified atom stereocenters. The first kappa shape index (κ1) is 20.7. The number of carbonyl (C=O) groups excluding carboxylic acids is 1. The van der Waals surface area contributed by atoms with Crippen LogP contribution in [0.2, 0.25) is 0 Å². The Bertz CT molecular complexity index is 1230. The summed E-state index contributed by atoms with van der Waals surface area (Å²) in [5.41, 5.74) is 1.69. The number of pyridine rings is 1. The van der Waals surface area contributed by atoms with Crippen molar-refractivity contribution < 1.29 is 17.6 Å². The molecular weight excluding hydrogens is 403 g/mol. The van der Waals surface area contributed by atoms with Gasteiger partial charge in [-0.2, -0.15) is 0 Å². The van der Waals surface area contributed by atoms with Crippen molar-refractivity contribution in [2.24, 2.45) is 5.41 Å². The Balaban J connectivity index is 2.09. The largest absolute Gasteiger partial charge is 0.343 e. The van der Waals surface area contributed by atoms with Gasteiger partial charge in [0, 0.05) is 29.5 Å². The fourth-order valence-electron chi connectivity index (χ4n) is 4.89. The van der Waals surface area contributed by atoms with E-state index in [1.165, 1.54) is 12.3 Å². The number of aromatic nitrogens is 1. The van der Waals surface area contributed by atoms with E-state index in [2.05, 4.69) is 10.3 Å². The summed E-state index contributed by atoms with van der Waals surface area (Å²) >= 11 is 0. The van der Waals surface area contributed by atoms with E-state index in [1.54, 1.807) is 25.1 Å². The van der Waals surface area contributed by atoms with Crippen LogP contribution < -0.4 is 5.32 Å². The Labute approximate surface area is 176 Å². The number of sulfone groups is 1. The van der Waals surface area contributed by atoms with Crippen LogP contribution >= 0.6 is 0 Å². The van der Waals surface area contributed by atoms with Crippen LogP contribution in [0, 0.1) is 18.2 Å². The summed E-state index contributed by atoms with van der Waals surface area (Å²) in [7, 11) is -3.45. The van der Waals surface area contributed by atoms with Crippen molar-refractivity contribution in [3.05, 3.63) is 64.2 Å². The molecule has 1 atom stereocenters. The van der Waals surface area contributed by atoms with Gasteiger partial charge in [-0.15, -0.1) is 0 Å². The van der Waals surface area contributed by atoms with Crippen LogP contribution in [0.15, 0.2) is 46.6 Å². The predicted octanol–water partition coefficient (Wildman–Crippen LogP) is 4.31. The van der Waals surface area contributed by atoms with E-state index < -0.39 is 21.1 Å². The smallest absolute Gasteiger partial charge is 0.175 e. The number of ketones is 1. The van der Waals surface area contributed by atoms with E-state index in [-0.39, 0.29) is 16.1 Å². The van der Waals surface area contributed by atoms with Crippen LogP contribution in [0.3, 0.4) is 0 Å². The highest BCUT2D eigenvalue weighted by Crippen LogP contribution is 2.53. The molecule has 1 aliphatic heterocycles. The molecular formula is C23H25FN2O3S. The first-order valence-electron chi connectivity index (χ1n) is 9.84. The fraction of sp³-hybridized carbons (Fsp3) is 0.391. The molecule has 0 saturated carbocycles. The quantitative estimate of drug-likeness (QED) is 0.772. The summed E-state index contributed by atoms with van der Waals surface area (Å²) in [5.74, 6) is 0.0226. The number of nitrogens with zero attached hydrogens (tertiary/aromatic N) is 1. The van der Waals surface area contributed by atoms with Gasteiger partial charge in [0.1, 0.15) is 11.6 Å². The van der Waals surface area contributed by atoms with Gasteiger partial charge in [-0.05, 0) is 48.9 Å². The van der Waals surface area contributed by atoms with Gasteiger partial charge in [-0.25, -0.2) is 17.8 Å². The maximum Gasteiger partial charge on any atom is 0.175 e. The fourth-order valence-corrected chi connectivity index (χ4v) is 5.56. The Morgan fingerprint density at radius 3 is 2.53 bits per heavy atom. The molecule has 0 bridgehead atoms. The van der Waals surface area contributed by atoms with Crippen LogP contribution in [-0.2, 0) is 20.0 Å². The maximum atomic E-state index is 14.6. The first-order valence-corrected chi connectivity index (χ1v) is 11.7. The molecule has 0 spiro atoms. The Kier molecular flexibility index (Phi) is 4.47. The normalized spacial score (nSPS) is 22.9. The topological polar surface area (TPSA) is 76.1 Å². The molecule has 158 valence electrons. The monoisotopic (exact) mass is 428 g/mol. The number of nitrogens with one attached hydrogen (secondary N) is 1. The molecule has 0 amide bonds. The Hall–Kier alpha value is -2.54. The third-order valence-electron chi connectivity index (χ3n) is 6.26. The third kappa shape index (κ3) is 3.07. The highest BCUT2D eigenvalue weighted by atomic mass is 32.2. The number of rotatable bonds is 2. The minimum atomic E-state index is -3.45. The number of fused-ring (bicyclic) bond motifs is 1. The third-order valence-corrected chi connectivity index (χ3v) is 7.37. The van der Waals surface area contributed by atoms with E-state index in [9.17, 15) is 17.6 Å². The second-order valence-corrected chi connectivity index (χ2v) is 11.3. The van der Waals surface area contributed by atoms with E-state index in [1.807, 2.05) is 20.8 Å². The van der Waals surface area contributed by atoms with Gasteiger partial charge in [0.05, 0.1) is 16.5 Å². The lowest BCUT2D eigenvalue weighted by Crippen LogP contribution is -2.43. The summed E-state index contributed by atoms with van der Waals surface area (Å²) < 4.78 is 39.0. The first-order chi connectivity index (χ1) is 13.8. The van der Waals surface area contributed by atoms with Gasteiger partial charge in [-0.3, -0.25) is 4.79 Å². The van der Waals surface area contributed by atoms with Crippen LogP contribution in [0.5, 0.6) is 0 Å². The number of hydrogen-bond donors (Lipinski definition) is 1. The van der Waals surface area contributed by atoms with Crippen molar-refractivity contribution in [2.75, 3.05) is 11.6 Å². The highest BCUT2D eigenvalue weighted by Gasteiger charge is 2.49. The highest BCUT2D eigenvalue weighted by molar-refractivity contribution is 7.90. The lowest BCUT2D eigenvalue weighted by molar-refractivity contribution is -0.118. The SMILES string of the molecule is Cc1c(F)cnc2c1[C@](C)(c1cccc(S(C)(=O)=O)c1)C1=C(CC(C)(C)CC1=O)N2. The van der Waals surface area contributed by atoms with Crippen molar-refractivity contribution in [1.82, 2.24) is 4.98 Å². The van der Waals surface area contributed by atoms with Crippen molar-refractivity contribution in [2.45, 2.75) is 50.8 Å². The molecule has 2 aliphatic rings. The molecule has 1 aromatic heterocycles. The average molecular weight is 429 g/mol. The molecule has 30 heavy (non-hydrogen) atoms. The Morgan fingerprint density at radius 2 is 1.87 bits per heavy atom. The average Bonchev–Trinajstić information content (AvgIpc) is 2.62. The van der Waals surface area contributed by atoms with Crippen molar-refractivity contribution in [1.29, 1.82) is 0 Å². The van der Waals surface area contributed by atoms with Gasteiger partial charge < -0.3 is 5.32 Å². The standard InChI is InChI=1S/C23H25FN2O3S/c1-13-16(24)12-25-21-19(13)23(4,14-7-6-8-15(9-14)30(5,28)29)20-17(26-21)10-22(2,3)11-18(20)27/h6-9,12H,10-11H2,1-5H3,(H,25,26)/t23-/m0/s1. The minimum Gasteiger partial charge on any atom is -0.343 e. The van der Waals surface area contributed by atoms with Crippen molar-refractivity contribution >= 4 is 21.4 Å². The van der Waals surface area contributed by atoms with E-state index in [0.717, 1.165) is 12.0 Å². The predicted molar refractivity (Wildman–Crippen MR) is 114 cm³/mol. The number of hydrogen-bond acceptors (Lipinski definition) is 5. The molecule has 5 nitrogen and oxygen atoms in total. The van der Waals surface area contributed by atoms with Gasteiger partial charge in [0.15, 0.2) is 15.6 Å². The zero-order valence-electron chi connectivity index (χ0n) is 17.8. The molecule has 4 rings (SSSR count). The lowest BCUT2D eigenvalue weighted by Gasteiger charge is -2.45. The summed E-state index contributed by atoms with van der Waals surface area (Å²) in [5, 5.41) is 3.29. The molecule has 1 aromatic carbocycles. The summed E-state index contributed by atoms with van der Waals surface area (Å²) in [6, 6.07) is 6.58. The second kappa shape index (κ2) is 6.48. The summed E-state index contributed by atoms with van der Waals surface area (Å²) in [4.78, 5) is 17.8. The molecule has 0 saturated heterocycles. The molecule has 1 aliphatic carbocycles. The van der Waals surface area contributed by atoms with E-state index in [4.69, 9.17) is 0 Å². The van der Waals surface area contributed by atoms with E-state index >= 15 is 0 Å². The maximum absolute atomic E-state index is 14.6. The summed E-state index contributed by atoms with van der Waals surface area (Å²) in [6.45, 7) is 7.61. The number of halogens is 1. The molecule has 2 aromatic rings. The van der Waals surface area contributed by atoms with Gasteiger partial charge in [-0.1, -0.05) is 26.0 Å². The number of benzene rings is 1. The van der Waals surface area contributed by atoms with Gasteiger partial charge in [0.25, 0.3) is 0 Å². The van der Waals surface area contributed by atoms with Crippen molar-refractivity contribution in [3.63, 3.8) is 0 Å².